The number of amides is 1. The molecule has 0 saturated carbocycles. The number of carbonyl (C=O) groups is 2. The van der Waals surface area contributed by atoms with Crippen molar-refractivity contribution in [2.24, 2.45) is 7.05 Å². The van der Waals surface area contributed by atoms with E-state index in [0.29, 0.717) is 11.3 Å². The molecule has 0 spiro atoms. The highest BCUT2D eigenvalue weighted by atomic mass is 16.4. The van der Waals surface area contributed by atoms with Crippen LogP contribution in [0.4, 0.5) is 0 Å². The lowest BCUT2D eigenvalue weighted by Gasteiger charge is -2.13. The molecule has 2 rings (SSSR count). The molecule has 2 aromatic rings. The zero-order chi connectivity index (χ0) is 17.0. The van der Waals surface area contributed by atoms with Gasteiger partial charge in [0.25, 0.3) is 5.91 Å². The smallest absolute Gasteiger partial charge is 0.312 e. The molecule has 0 aliphatic carbocycles. The molecule has 1 aromatic heterocycles. The Bertz CT molecular complexity index is 692. The molecule has 2 N–H and O–H groups in total. The van der Waals surface area contributed by atoms with Gasteiger partial charge >= 0.3 is 5.97 Å². The van der Waals surface area contributed by atoms with E-state index in [2.05, 4.69) is 10.4 Å². The Morgan fingerprint density at radius 2 is 1.91 bits per heavy atom. The fourth-order valence-electron chi connectivity index (χ4n) is 2.30. The highest BCUT2D eigenvalue weighted by molar-refractivity contribution is 5.93. The second-order valence-electron chi connectivity index (χ2n) is 5.74. The number of nitrogens with zero attached hydrogens (tertiary/aromatic N) is 2. The Morgan fingerprint density at radius 1 is 1.26 bits per heavy atom. The molecule has 1 unspecified atom stereocenters. The van der Waals surface area contributed by atoms with Crippen molar-refractivity contribution < 1.29 is 14.7 Å². The first-order chi connectivity index (χ1) is 10.9. The van der Waals surface area contributed by atoms with E-state index in [0.717, 1.165) is 5.69 Å². The average molecular weight is 315 g/mol. The van der Waals surface area contributed by atoms with Gasteiger partial charge in [0.1, 0.15) is 5.69 Å². The number of carbonyl (C=O) groups excluding carboxylic acids is 1. The van der Waals surface area contributed by atoms with Crippen LogP contribution in [0.15, 0.2) is 36.4 Å². The first kappa shape index (κ1) is 16.7. The van der Waals surface area contributed by atoms with Crippen LogP contribution in [0.5, 0.6) is 0 Å². The maximum absolute atomic E-state index is 12.3. The molecule has 1 aromatic carbocycles. The summed E-state index contributed by atoms with van der Waals surface area (Å²) in [4.78, 5) is 23.7. The molecule has 1 heterocycles. The molecule has 23 heavy (non-hydrogen) atoms. The van der Waals surface area contributed by atoms with Gasteiger partial charge in [-0.1, -0.05) is 44.2 Å². The highest BCUT2D eigenvalue weighted by Crippen LogP contribution is 2.16. The topological polar surface area (TPSA) is 84.2 Å². The number of hydrogen-bond acceptors (Lipinski definition) is 3. The molecule has 0 aliphatic rings. The van der Waals surface area contributed by atoms with E-state index < -0.39 is 11.9 Å². The molecular formula is C17H21N3O3. The van der Waals surface area contributed by atoms with Gasteiger partial charge in [-0.2, -0.15) is 5.10 Å². The van der Waals surface area contributed by atoms with Crippen molar-refractivity contribution in [3.8, 4) is 0 Å². The number of aryl methyl sites for hydroxylation is 1. The summed E-state index contributed by atoms with van der Waals surface area (Å²) in [6.07, 6.45) is 0. The first-order valence-electron chi connectivity index (χ1n) is 7.50. The average Bonchev–Trinajstić information content (AvgIpc) is 2.90. The van der Waals surface area contributed by atoms with Gasteiger partial charge in [-0.3, -0.25) is 14.3 Å². The maximum atomic E-state index is 12.3. The standard InChI is InChI=1S/C17H21N3O3/c1-11(2)14-9-15(20(3)19-14)16(21)18-10-13(17(22)23)12-7-5-4-6-8-12/h4-9,11,13H,10H2,1-3H3,(H,18,21)(H,22,23). The molecule has 122 valence electrons. The summed E-state index contributed by atoms with van der Waals surface area (Å²) in [5.74, 6) is -1.85. The minimum absolute atomic E-state index is 0.0281. The molecule has 6 nitrogen and oxygen atoms in total. The van der Waals surface area contributed by atoms with E-state index in [9.17, 15) is 14.7 Å². The van der Waals surface area contributed by atoms with Gasteiger partial charge in [-0.25, -0.2) is 0 Å². The molecule has 1 amide bonds. The number of rotatable bonds is 6. The lowest BCUT2D eigenvalue weighted by Crippen LogP contribution is -2.32. The molecule has 0 radical (unpaired) electrons. The largest absolute Gasteiger partial charge is 0.481 e. The van der Waals surface area contributed by atoms with Gasteiger partial charge in [0.15, 0.2) is 0 Å². The Morgan fingerprint density at radius 3 is 2.43 bits per heavy atom. The van der Waals surface area contributed by atoms with E-state index >= 15 is 0 Å². The molecule has 1 atom stereocenters. The van der Waals surface area contributed by atoms with Crippen molar-refractivity contribution in [1.82, 2.24) is 15.1 Å². The van der Waals surface area contributed by atoms with Gasteiger partial charge in [0.05, 0.1) is 11.6 Å². The number of nitrogens with one attached hydrogen (secondary N) is 1. The van der Waals surface area contributed by atoms with Crippen molar-refractivity contribution in [2.75, 3.05) is 6.54 Å². The minimum atomic E-state index is -0.968. The predicted octanol–water partition coefficient (Wildman–Crippen LogP) is 2.14. The van der Waals surface area contributed by atoms with Crippen LogP contribution in [0, 0.1) is 0 Å². The third-order valence-electron chi connectivity index (χ3n) is 3.69. The first-order valence-corrected chi connectivity index (χ1v) is 7.50. The number of carboxylic acids is 1. The second kappa shape index (κ2) is 7.09. The zero-order valence-electron chi connectivity index (χ0n) is 13.5. The SMILES string of the molecule is CC(C)c1cc(C(=O)NCC(C(=O)O)c2ccccc2)n(C)n1. The highest BCUT2D eigenvalue weighted by Gasteiger charge is 2.22. The summed E-state index contributed by atoms with van der Waals surface area (Å²) in [6, 6.07) is 10.6. The van der Waals surface area contributed by atoms with Crippen molar-refractivity contribution in [3.63, 3.8) is 0 Å². The molecule has 0 fully saturated rings. The second-order valence-corrected chi connectivity index (χ2v) is 5.74. The van der Waals surface area contributed by atoms with Crippen LogP contribution < -0.4 is 5.32 Å². The monoisotopic (exact) mass is 315 g/mol. The van der Waals surface area contributed by atoms with E-state index in [1.807, 2.05) is 19.9 Å². The van der Waals surface area contributed by atoms with Crippen molar-refractivity contribution in [3.05, 3.63) is 53.3 Å². The van der Waals surface area contributed by atoms with E-state index in [1.54, 1.807) is 37.4 Å². The zero-order valence-corrected chi connectivity index (χ0v) is 13.5. The molecule has 0 aliphatic heterocycles. The quantitative estimate of drug-likeness (QED) is 0.855. The van der Waals surface area contributed by atoms with E-state index in [-0.39, 0.29) is 18.4 Å². The Hall–Kier alpha value is -2.63. The molecule has 0 bridgehead atoms. The number of aliphatic carboxylic acids is 1. The number of aromatic nitrogens is 2. The number of carboxylic acid groups (broad SMARTS) is 1. The summed E-state index contributed by atoms with van der Waals surface area (Å²) in [6.45, 7) is 4.03. The predicted molar refractivity (Wildman–Crippen MR) is 86.4 cm³/mol. The van der Waals surface area contributed by atoms with Crippen LogP contribution in [0.1, 0.15) is 47.4 Å². The maximum Gasteiger partial charge on any atom is 0.312 e. The Kier molecular flexibility index (Phi) is 5.16. The van der Waals surface area contributed by atoms with Crippen LogP contribution in [-0.4, -0.2) is 33.3 Å². The third-order valence-corrected chi connectivity index (χ3v) is 3.69. The van der Waals surface area contributed by atoms with Crippen LogP contribution in [-0.2, 0) is 11.8 Å². The fourth-order valence-corrected chi connectivity index (χ4v) is 2.30. The van der Waals surface area contributed by atoms with Crippen LogP contribution >= 0.6 is 0 Å². The van der Waals surface area contributed by atoms with Crippen molar-refractivity contribution in [2.45, 2.75) is 25.7 Å². The van der Waals surface area contributed by atoms with Gasteiger partial charge < -0.3 is 10.4 Å². The van der Waals surface area contributed by atoms with Gasteiger partial charge in [0.2, 0.25) is 0 Å². The summed E-state index contributed by atoms with van der Waals surface area (Å²) >= 11 is 0. The lowest BCUT2D eigenvalue weighted by atomic mass is 9.99. The Labute approximate surface area is 135 Å². The van der Waals surface area contributed by atoms with Gasteiger partial charge in [-0.05, 0) is 17.5 Å². The van der Waals surface area contributed by atoms with E-state index in [4.69, 9.17) is 0 Å². The fraction of sp³-hybridized carbons (Fsp3) is 0.353. The molecule has 0 saturated heterocycles. The van der Waals surface area contributed by atoms with Gasteiger partial charge in [-0.15, -0.1) is 0 Å². The van der Waals surface area contributed by atoms with Crippen LogP contribution in [0.25, 0.3) is 0 Å². The van der Waals surface area contributed by atoms with Gasteiger partial charge in [0, 0.05) is 13.6 Å². The van der Waals surface area contributed by atoms with E-state index in [1.165, 1.54) is 4.68 Å². The third kappa shape index (κ3) is 3.97. The van der Waals surface area contributed by atoms with Crippen molar-refractivity contribution in [1.29, 1.82) is 0 Å². The summed E-state index contributed by atoms with van der Waals surface area (Å²) < 4.78 is 1.52. The summed E-state index contributed by atoms with van der Waals surface area (Å²) in [7, 11) is 1.70. The number of hydrogen-bond donors (Lipinski definition) is 2. The van der Waals surface area contributed by atoms with Crippen LogP contribution in [0.2, 0.25) is 0 Å². The summed E-state index contributed by atoms with van der Waals surface area (Å²) in [5.41, 5.74) is 1.91. The lowest BCUT2D eigenvalue weighted by molar-refractivity contribution is -0.138. The van der Waals surface area contributed by atoms with Crippen molar-refractivity contribution >= 4 is 11.9 Å². The normalized spacial score (nSPS) is 12.2. The number of benzene rings is 1. The summed E-state index contributed by atoms with van der Waals surface area (Å²) in [5, 5.41) is 16.4. The molecular weight excluding hydrogens is 294 g/mol. The Balaban J connectivity index is 2.09. The van der Waals surface area contributed by atoms with Crippen LogP contribution in [0.3, 0.4) is 0 Å². The molecule has 6 heteroatoms. The minimum Gasteiger partial charge on any atom is -0.481 e.